The number of amides is 1. The van der Waals surface area contributed by atoms with Crippen molar-refractivity contribution >= 4 is 17.4 Å². The number of benzene rings is 1. The summed E-state index contributed by atoms with van der Waals surface area (Å²) in [6.45, 7) is 1.94. The van der Waals surface area contributed by atoms with E-state index in [2.05, 4.69) is 20.2 Å². The molecule has 6 heteroatoms. The van der Waals surface area contributed by atoms with Crippen LogP contribution >= 0.6 is 0 Å². The monoisotopic (exact) mass is 300 g/mol. The first-order chi connectivity index (χ1) is 10.7. The minimum absolute atomic E-state index is 0.134. The van der Waals surface area contributed by atoms with Gasteiger partial charge in [0.05, 0.1) is 18.1 Å². The van der Waals surface area contributed by atoms with Crippen LogP contribution in [0.25, 0.3) is 0 Å². The lowest BCUT2D eigenvalue weighted by atomic mass is 10.1. The third-order valence-electron chi connectivity index (χ3n) is 3.67. The van der Waals surface area contributed by atoms with Crippen LogP contribution in [-0.2, 0) is 0 Å². The van der Waals surface area contributed by atoms with Gasteiger partial charge >= 0.3 is 0 Å². The van der Waals surface area contributed by atoms with E-state index in [1.54, 1.807) is 18.3 Å². The standard InChI is InChI=1S/C16H17FN4O/c17-12-6-2-3-7-13(12)20-16(22)14-10-19-15(11-18-14)21-8-4-1-5-9-21/h2-3,6-7,10-11H,1,4-5,8-9H2,(H,20,22). The summed E-state index contributed by atoms with van der Waals surface area (Å²) in [5, 5.41) is 2.50. The molecular weight excluding hydrogens is 283 g/mol. The molecule has 2 aromatic rings. The van der Waals surface area contributed by atoms with Gasteiger partial charge in [-0.05, 0) is 31.4 Å². The summed E-state index contributed by atoms with van der Waals surface area (Å²) in [6, 6.07) is 6.02. The van der Waals surface area contributed by atoms with Crippen molar-refractivity contribution in [1.82, 2.24) is 9.97 Å². The van der Waals surface area contributed by atoms with Crippen LogP contribution in [0, 0.1) is 5.82 Å². The highest BCUT2D eigenvalue weighted by molar-refractivity contribution is 6.02. The second-order valence-electron chi connectivity index (χ2n) is 5.24. The van der Waals surface area contributed by atoms with Crippen LogP contribution in [0.1, 0.15) is 29.8 Å². The first-order valence-corrected chi connectivity index (χ1v) is 7.37. The Hall–Kier alpha value is -2.50. The van der Waals surface area contributed by atoms with Crippen LogP contribution in [0.15, 0.2) is 36.7 Å². The Morgan fingerprint density at radius 3 is 2.55 bits per heavy atom. The summed E-state index contributed by atoms with van der Waals surface area (Å²) in [5.74, 6) is -0.168. The van der Waals surface area contributed by atoms with E-state index >= 15 is 0 Å². The van der Waals surface area contributed by atoms with E-state index < -0.39 is 11.7 Å². The smallest absolute Gasteiger partial charge is 0.275 e. The molecule has 0 aliphatic carbocycles. The van der Waals surface area contributed by atoms with Crippen LogP contribution in [0.3, 0.4) is 0 Å². The molecule has 1 fully saturated rings. The number of piperidine rings is 1. The second-order valence-corrected chi connectivity index (χ2v) is 5.24. The van der Waals surface area contributed by atoms with Gasteiger partial charge in [-0.25, -0.2) is 14.4 Å². The van der Waals surface area contributed by atoms with Crippen molar-refractivity contribution in [1.29, 1.82) is 0 Å². The number of hydrogen-bond acceptors (Lipinski definition) is 4. The van der Waals surface area contributed by atoms with Crippen molar-refractivity contribution < 1.29 is 9.18 Å². The van der Waals surface area contributed by atoms with Gasteiger partial charge in [0.15, 0.2) is 0 Å². The number of halogens is 1. The van der Waals surface area contributed by atoms with Crippen LogP contribution in [0.5, 0.6) is 0 Å². The van der Waals surface area contributed by atoms with Crippen molar-refractivity contribution in [3.63, 3.8) is 0 Å². The normalized spacial score (nSPS) is 14.7. The Morgan fingerprint density at radius 2 is 1.86 bits per heavy atom. The van der Waals surface area contributed by atoms with Crippen LogP contribution < -0.4 is 10.2 Å². The maximum atomic E-state index is 13.5. The Bertz CT molecular complexity index is 653. The van der Waals surface area contributed by atoms with Crippen LogP contribution in [-0.4, -0.2) is 29.0 Å². The summed E-state index contributed by atoms with van der Waals surface area (Å²) >= 11 is 0. The lowest BCUT2D eigenvalue weighted by Gasteiger charge is -2.27. The third-order valence-corrected chi connectivity index (χ3v) is 3.67. The first-order valence-electron chi connectivity index (χ1n) is 7.37. The minimum Gasteiger partial charge on any atom is -0.355 e. The molecule has 114 valence electrons. The summed E-state index contributed by atoms with van der Waals surface area (Å²) in [5.41, 5.74) is 0.304. The van der Waals surface area contributed by atoms with Gasteiger partial charge in [-0.15, -0.1) is 0 Å². The number of nitrogens with zero attached hydrogens (tertiary/aromatic N) is 3. The van der Waals surface area contributed by atoms with E-state index in [1.807, 2.05) is 0 Å². The van der Waals surface area contributed by atoms with Gasteiger partial charge in [-0.1, -0.05) is 12.1 Å². The summed E-state index contributed by atoms with van der Waals surface area (Å²) in [4.78, 5) is 22.7. The van der Waals surface area contributed by atoms with Crippen molar-refractivity contribution in [3.8, 4) is 0 Å². The molecular formula is C16H17FN4O. The van der Waals surface area contributed by atoms with E-state index in [0.717, 1.165) is 31.7 Å². The van der Waals surface area contributed by atoms with Gasteiger partial charge in [0, 0.05) is 13.1 Å². The molecule has 1 N–H and O–H groups in total. The zero-order chi connectivity index (χ0) is 15.4. The molecule has 2 heterocycles. The van der Waals surface area contributed by atoms with Crippen molar-refractivity contribution in [2.45, 2.75) is 19.3 Å². The topological polar surface area (TPSA) is 58.1 Å². The fourth-order valence-corrected chi connectivity index (χ4v) is 2.47. The number of hydrogen-bond donors (Lipinski definition) is 1. The Kier molecular flexibility index (Phi) is 4.27. The van der Waals surface area contributed by atoms with Crippen LogP contribution in [0.2, 0.25) is 0 Å². The fraction of sp³-hybridized carbons (Fsp3) is 0.312. The van der Waals surface area contributed by atoms with Crippen molar-refractivity contribution in [3.05, 3.63) is 48.2 Å². The molecule has 0 spiro atoms. The highest BCUT2D eigenvalue weighted by Crippen LogP contribution is 2.17. The molecule has 3 rings (SSSR count). The molecule has 1 aliphatic rings. The van der Waals surface area contributed by atoms with Gasteiger partial charge in [-0.2, -0.15) is 0 Å². The number of rotatable bonds is 3. The maximum absolute atomic E-state index is 13.5. The third kappa shape index (κ3) is 3.21. The van der Waals surface area contributed by atoms with Crippen molar-refractivity contribution in [2.24, 2.45) is 0 Å². The Labute approximate surface area is 128 Å². The number of anilines is 2. The van der Waals surface area contributed by atoms with Gasteiger partial charge in [0.25, 0.3) is 5.91 Å². The SMILES string of the molecule is O=C(Nc1ccccc1F)c1cnc(N2CCCCC2)cn1. The second kappa shape index (κ2) is 6.51. The lowest BCUT2D eigenvalue weighted by molar-refractivity contribution is 0.102. The zero-order valence-corrected chi connectivity index (χ0v) is 12.1. The molecule has 1 amide bonds. The largest absolute Gasteiger partial charge is 0.355 e. The quantitative estimate of drug-likeness (QED) is 0.947. The first kappa shape index (κ1) is 14.4. The predicted octanol–water partition coefficient (Wildman–Crippen LogP) is 2.86. The van der Waals surface area contributed by atoms with Gasteiger partial charge in [0.1, 0.15) is 17.3 Å². The van der Waals surface area contributed by atoms with Gasteiger partial charge in [-0.3, -0.25) is 4.79 Å². The Morgan fingerprint density at radius 1 is 1.09 bits per heavy atom. The average Bonchev–Trinajstić information content (AvgIpc) is 2.58. The average molecular weight is 300 g/mol. The lowest BCUT2D eigenvalue weighted by Crippen LogP contribution is -2.30. The fourth-order valence-electron chi connectivity index (χ4n) is 2.47. The molecule has 1 aromatic carbocycles. The van der Waals surface area contributed by atoms with E-state index in [9.17, 15) is 9.18 Å². The number of carbonyl (C=O) groups is 1. The minimum atomic E-state index is -0.478. The molecule has 1 aliphatic heterocycles. The molecule has 22 heavy (non-hydrogen) atoms. The Balaban J connectivity index is 1.69. The van der Waals surface area contributed by atoms with E-state index in [4.69, 9.17) is 0 Å². The number of carbonyl (C=O) groups excluding carboxylic acids is 1. The predicted molar refractivity (Wildman–Crippen MR) is 82.4 cm³/mol. The molecule has 0 atom stereocenters. The highest BCUT2D eigenvalue weighted by atomic mass is 19.1. The van der Waals surface area contributed by atoms with Crippen molar-refractivity contribution in [2.75, 3.05) is 23.3 Å². The van der Waals surface area contributed by atoms with E-state index in [-0.39, 0.29) is 11.4 Å². The summed E-state index contributed by atoms with van der Waals surface area (Å²) in [6.07, 6.45) is 6.57. The molecule has 1 aromatic heterocycles. The molecule has 0 saturated carbocycles. The maximum Gasteiger partial charge on any atom is 0.275 e. The summed E-state index contributed by atoms with van der Waals surface area (Å²) in [7, 11) is 0. The van der Waals surface area contributed by atoms with E-state index in [1.165, 1.54) is 24.8 Å². The van der Waals surface area contributed by atoms with E-state index in [0.29, 0.717) is 0 Å². The molecule has 0 unspecified atom stereocenters. The van der Waals surface area contributed by atoms with Gasteiger partial charge in [0.2, 0.25) is 0 Å². The van der Waals surface area contributed by atoms with Gasteiger partial charge < -0.3 is 10.2 Å². The molecule has 0 radical (unpaired) electrons. The molecule has 5 nitrogen and oxygen atoms in total. The zero-order valence-electron chi connectivity index (χ0n) is 12.1. The van der Waals surface area contributed by atoms with Crippen LogP contribution in [0.4, 0.5) is 15.9 Å². The highest BCUT2D eigenvalue weighted by Gasteiger charge is 2.15. The molecule has 0 bridgehead atoms. The number of nitrogens with one attached hydrogen (secondary N) is 1. The number of aromatic nitrogens is 2. The molecule has 1 saturated heterocycles. The summed E-state index contributed by atoms with van der Waals surface area (Å²) < 4.78 is 13.5. The number of para-hydroxylation sites is 1.